The van der Waals surface area contributed by atoms with Crippen LogP contribution in [-0.4, -0.2) is 19.2 Å². The number of esters is 1. The zero-order chi connectivity index (χ0) is 11.1. The minimum atomic E-state index is -0.319. The summed E-state index contributed by atoms with van der Waals surface area (Å²) in [6.45, 7) is 4.83. The molecular weight excluding hydrogens is 192 g/mol. The van der Waals surface area contributed by atoms with Crippen LogP contribution in [-0.2, 0) is 4.74 Å². The highest BCUT2D eigenvalue weighted by atomic mass is 16.5. The van der Waals surface area contributed by atoms with Crippen LogP contribution in [0.3, 0.4) is 0 Å². The average Bonchev–Trinajstić information content (AvgIpc) is 2.27. The average molecular weight is 208 g/mol. The van der Waals surface area contributed by atoms with E-state index in [1.54, 1.807) is 18.2 Å². The highest BCUT2D eigenvalue weighted by Gasteiger charge is 2.12. The summed E-state index contributed by atoms with van der Waals surface area (Å²) in [6.07, 6.45) is 0.822. The first kappa shape index (κ1) is 11.6. The SMILES string of the molecule is CCCOC(=O)c1ccccc1OCC. The van der Waals surface area contributed by atoms with Gasteiger partial charge in [-0.15, -0.1) is 0 Å². The maximum Gasteiger partial charge on any atom is 0.341 e. The number of rotatable bonds is 5. The third kappa shape index (κ3) is 3.27. The van der Waals surface area contributed by atoms with Gasteiger partial charge in [0.25, 0.3) is 0 Å². The molecule has 0 N–H and O–H groups in total. The Morgan fingerprint density at radius 1 is 1.27 bits per heavy atom. The van der Waals surface area contributed by atoms with Crippen LogP contribution in [0.4, 0.5) is 0 Å². The monoisotopic (exact) mass is 208 g/mol. The van der Waals surface area contributed by atoms with Gasteiger partial charge in [-0.1, -0.05) is 19.1 Å². The number of hydrogen-bond acceptors (Lipinski definition) is 3. The highest BCUT2D eigenvalue weighted by molar-refractivity contribution is 5.92. The highest BCUT2D eigenvalue weighted by Crippen LogP contribution is 2.18. The third-order valence-corrected chi connectivity index (χ3v) is 1.84. The first-order valence-electron chi connectivity index (χ1n) is 5.18. The Bertz CT molecular complexity index is 320. The van der Waals surface area contributed by atoms with E-state index in [4.69, 9.17) is 9.47 Å². The number of benzene rings is 1. The maximum atomic E-state index is 11.6. The summed E-state index contributed by atoms with van der Waals surface area (Å²) < 4.78 is 10.4. The second kappa shape index (κ2) is 6.06. The van der Waals surface area contributed by atoms with Gasteiger partial charge in [-0.2, -0.15) is 0 Å². The van der Waals surface area contributed by atoms with Crippen molar-refractivity contribution in [3.8, 4) is 5.75 Å². The van der Waals surface area contributed by atoms with E-state index < -0.39 is 0 Å². The van der Waals surface area contributed by atoms with Crippen molar-refractivity contribution in [2.45, 2.75) is 20.3 Å². The smallest absolute Gasteiger partial charge is 0.341 e. The van der Waals surface area contributed by atoms with E-state index in [9.17, 15) is 4.79 Å². The minimum absolute atomic E-state index is 0.319. The van der Waals surface area contributed by atoms with Crippen molar-refractivity contribution in [3.63, 3.8) is 0 Å². The molecule has 0 aliphatic carbocycles. The fourth-order valence-electron chi connectivity index (χ4n) is 1.19. The number of carbonyl (C=O) groups excluding carboxylic acids is 1. The molecule has 0 amide bonds. The van der Waals surface area contributed by atoms with Crippen LogP contribution < -0.4 is 4.74 Å². The number of carbonyl (C=O) groups is 1. The second-order valence-corrected chi connectivity index (χ2v) is 3.07. The summed E-state index contributed by atoms with van der Waals surface area (Å²) in [4.78, 5) is 11.6. The van der Waals surface area contributed by atoms with Crippen LogP contribution in [0.15, 0.2) is 24.3 Å². The fraction of sp³-hybridized carbons (Fsp3) is 0.417. The van der Waals surface area contributed by atoms with Crippen LogP contribution in [0.1, 0.15) is 30.6 Å². The summed E-state index contributed by atoms with van der Waals surface area (Å²) in [5.41, 5.74) is 0.493. The summed E-state index contributed by atoms with van der Waals surface area (Å²) >= 11 is 0. The zero-order valence-corrected chi connectivity index (χ0v) is 9.16. The molecule has 0 atom stereocenters. The van der Waals surface area contributed by atoms with Gasteiger partial charge in [-0.25, -0.2) is 4.79 Å². The van der Waals surface area contributed by atoms with Gasteiger partial charge >= 0.3 is 5.97 Å². The molecule has 0 saturated carbocycles. The molecule has 0 aliphatic rings. The molecule has 15 heavy (non-hydrogen) atoms. The summed E-state index contributed by atoms with van der Waals surface area (Å²) in [5.74, 6) is 0.266. The lowest BCUT2D eigenvalue weighted by Gasteiger charge is -2.08. The van der Waals surface area contributed by atoms with Crippen LogP contribution in [0, 0.1) is 0 Å². The normalized spacial score (nSPS) is 9.73. The van der Waals surface area contributed by atoms with Crippen LogP contribution >= 0.6 is 0 Å². The zero-order valence-electron chi connectivity index (χ0n) is 9.16. The summed E-state index contributed by atoms with van der Waals surface area (Å²) in [7, 11) is 0. The summed E-state index contributed by atoms with van der Waals surface area (Å²) in [5, 5.41) is 0. The lowest BCUT2D eigenvalue weighted by Crippen LogP contribution is -2.08. The van der Waals surface area contributed by atoms with Crippen LogP contribution in [0.5, 0.6) is 5.75 Å². The second-order valence-electron chi connectivity index (χ2n) is 3.07. The molecule has 0 aromatic heterocycles. The topological polar surface area (TPSA) is 35.5 Å². The quantitative estimate of drug-likeness (QED) is 0.698. The molecule has 3 nitrogen and oxygen atoms in total. The third-order valence-electron chi connectivity index (χ3n) is 1.84. The van der Waals surface area contributed by atoms with Crippen molar-refractivity contribution >= 4 is 5.97 Å². The molecule has 0 radical (unpaired) electrons. The van der Waals surface area contributed by atoms with Gasteiger partial charge in [0.15, 0.2) is 0 Å². The first-order valence-corrected chi connectivity index (χ1v) is 5.18. The lowest BCUT2D eigenvalue weighted by molar-refractivity contribution is 0.0500. The molecule has 0 bridgehead atoms. The Balaban J connectivity index is 2.77. The van der Waals surface area contributed by atoms with Crippen molar-refractivity contribution in [1.82, 2.24) is 0 Å². The van der Waals surface area contributed by atoms with Gasteiger partial charge in [0, 0.05) is 0 Å². The van der Waals surface area contributed by atoms with E-state index in [0.29, 0.717) is 24.5 Å². The van der Waals surface area contributed by atoms with Gasteiger partial charge < -0.3 is 9.47 Å². The van der Waals surface area contributed by atoms with Gasteiger partial charge in [-0.3, -0.25) is 0 Å². The van der Waals surface area contributed by atoms with Crippen molar-refractivity contribution in [3.05, 3.63) is 29.8 Å². The molecular formula is C12H16O3. The van der Waals surface area contributed by atoms with Gasteiger partial charge in [0.2, 0.25) is 0 Å². The first-order chi connectivity index (χ1) is 7.29. The number of ether oxygens (including phenoxy) is 2. The van der Waals surface area contributed by atoms with E-state index >= 15 is 0 Å². The number of hydrogen-bond donors (Lipinski definition) is 0. The Labute approximate surface area is 90.0 Å². The molecule has 0 unspecified atom stereocenters. The molecule has 0 spiro atoms. The summed E-state index contributed by atoms with van der Waals surface area (Å²) in [6, 6.07) is 7.11. The van der Waals surface area contributed by atoms with Gasteiger partial charge in [-0.05, 0) is 25.5 Å². The fourth-order valence-corrected chi connectivity index (χ4v) is 1.19. The Morgan fingerprint density at radius 3 is 2.67 bits per heavy atom. The van der Waals surface area contributed by atoms with Crippen LogP contribution in [0.25, 0.3) is 0 Å². The van der Waals surface area contributed by atoms with Gasteiger partial charge in [0.05, 0.1) is 13.2 Å². The predicted molar refractivity (Wildman–Crippen MR) is 58.2 cm³/mol. The molecule has 1 rings (SSSR count). The Morgan fingerprint density at radius 2 is 2.00 bits per heavy atom. The van der Waals surface area contributed by atoms with Crippen LogP contribution in [0.2, 0.25) is 0 Å². The van der Waals surface area contributed by atoms with E-state index in [0.717, 1.165) is 6.42 Å². The lowest BCUT2D eigenvalue weighted by atomic mass is 10.2. The minimum Gasteiger partial charge on any atom is -0.493 e. The van der Waals surface area contributed by atoms with E-state index in [2.05, 4.69) is 0 Å². The predicted octanol–water partition coefficient (Wildman–Crippen LogP) is 2.65. The van der Waals surface area contributed by atoms with Crippen molar-refractivity contribution in [2.24, 2.45) is 0 Å². The molecule has 1 aromatic carbocycles. The van der Waals surface area contributed by atoms with E-state index in [-0.39, 0.29) is 5.97 Å². The molecule has 82 valence electrons. The van der Waals surface area contributed by atoms with Crippen molar-refractivity contribution < 1.29 is 14.3 Å². The van der Waals surface area contributed by atoms with E-state index in [1.165, 1.54) is 0 Å². The molecule has 0 aliphatic heterocycles. The Hall–Kier alpha value is -1.51. The van der Waals surface area contributed by atoms with Crippen molar-refractivity contribution in [2.75, 3.05) is 13.2 Å². The van der Waals surface area contributed by atoms with Crippen molar-refractivity contribution in [1.29, 1.82) is 0 Å². The molecule has 0 fully saturated rings. The largest absolute Gasteiger partial charge is 0.493 e. The molecule has 0 heterocycles. The van der Waals surface area contributed by atoms with E-state index in [1.807, 2.05) is 19.9 Å². The maximum absolute atomic E-state index is 11.6. The molecule has 3 heteroatoms. The molecule has 1 aromatic rings. The van der Waals surface area contributed by atoms with Gasteiger partial charge in [0.1, 0.15) is 11.3 Å². The Kier molecular flexibility index (Phi) is 4.68. The number of para-hydroxylation sites is 1. The standard InChI is InChI=1S/C12H16O3/c1-3-9-15-12(13)10-7-5-6-8-11(10)14-4-2/h5-8H,3-4,9H2,1-2H3. The molecule has 0 saturated heterocycles.